The number of anilines is 2. The first-order valence-corrected chi connectivity index (χ1v) is 10.2. The molecule has 1 atom stereocenters. The van der Waals surface area contributed by atoms with Crippen molar-refractivity contribution in [1.82, 2.24) is 5.32 Å². The SMILES string of the molecule is O=C(C[C@@H]1Sc2ccccc2NC1=O)NCc1cccc(NC(=O)c2ccco2)c1. The summed E-state index contributed by atoms with van der Waals surface area (Å²) in [5, 5.41) is 7.95. The molecule has 1 aliphatic heterocycles. The zero-order valence-electron chi connectivity index (χ0n) is 15.9. The molecule has 0 fully saturated rings. The minimum Gasteiger partial charge on any atom is -0.459 e. The molecule has 0 bridgehead atoms. The van der Waals surface area contributed by atoms with Gasteiger partial charge in [0, 0.05) is 23.5 Å². The lowest BCUT2D eigenvalue weighted by atomic mass is 10.2. The smallest absolute Gasteiger partial charge is 0.291 e. The van der Waals surface area contributed by atoms with Crippen LogP contribution in [-0.2, 0) is 16.1 Å². The summed E-state index contributed by atoms with van der Waals surface area (Å²) in [7, 11) is 0. The minimum atomic E-state index is -0.473. The fourth-order valence-electron chi connectivity index (χ4n) is 3.03. The first-order chi connectivity index (χ1) is 14.6. The van der Waals surface area contributed by atoms with Gasteiger partial charge in [0.15, 0.2) is 5.76 Å². The molecule has 3 N–H and O–H groups in total. The Morgan fingerprint density at radius 2 is 1.93 bits per heavy atom. The second kappa shape index (κ2) is 8.87. The maximum atomic E-state index is 12.4. The number of fused-ring (bicyclic) bond motifs is 1. The summed E-state index contributed by atoms with van der Waals surface area (Å²) in [6.07, 6.45) is 1.52. The predicted molar refractivity (Wildman–Crippen MR) is 114 cm³/mol. The molecule has 2 heterocycles. The van der Waals surface area contributed by atoms with Gasteiger partial charge in [-0.05, 0) is 42.0 Å². The van der Waals surface area contributed by atoms with Gasteiger partial charge in [0.25, 0.3) is 5.91 Å². The fraction of sp³-hybridized carbons (Fsp3) is 0.136. The quantitative estimate of drug-likeness (QED) is 0.564. The van der Waals surface area contributed by atoms with Gasteiger partial charge in [-0.3, -0.25) is 14.4 Å². The monoisotopic (exact) mass is 421 g/mol. The molecule has 2 aromatic carbocycles. The number of furan rings is 1. The third-order valence-corrected chi connectivity index (χ3v) is 5.77. The van der Waals surface area contributed by atoms with E-state index in [1.54, 1.807) is 30.3 Å². The Kier molecular flexibility index (Phi) is 5.85. The normalized spacial score (nSPS) is 15.1. The number of amides is 3. The number of thioether (sulfide) groups is 1. The second-order valence-corrected chi connectivity index (χ2v) is 7.95. The lowest BCUT2D eigenvalue weighted by Crippen LogP contribution is -2.34. The van der Waals surface area contributed by atoms with Gasteiger partial charge < -0.3 is 20.4 Å². The topological polar surface area (TPSA) is 100 Å². The standard InChI is InChI=1S/C22H19N3O4S/c26-20(12-19-22(28)25-16-7-1-2-9-18(16)30-19)23-13-14-5-3-6-15(11-14)24-21(27)17-8-4-10-29-17/h1-11,19H,12-13H2,(H,23,26)(H,24,27)(H,25,28)/t19-/m0/s1. The van der Waals surface area contributed by atoms with E-state index in [-0.39, 0.29) is 29.9 Å². The summed E-state index contributed by atoms with van der Waals surface area (Å²) in [4.78, 5) is 37.7. The van der Waals surface area contributed by atoms with Gasteiger partial charge in [0.2, 0.25) is 11.8 Å². The van der Waals surface area contributed by atoms with Crippen LogP contribution in [0, 0.1) is 0 Å². The Balaban J connectivity index is 1.31. The van der Waals surface area contributed by atoms with Crippen LogP contribution in [0.1, 0.15) is 22.5 Å². The third kappa shape index (κ3) is 4.72. The highest BCUT2D eigenvalue weighted by molar-refractivity contribution is 8.01. The number of rotatable bonds is 6. The van der Waals surface area contributed by atoms with E-state index in [4.69, 9.17) is 4.42 Å². The molecular formula is C22H19N3O4S. The van der Waals surface area contributed by atoms with E-state index in [0.717, 1.165) is 16.1 Å². The predicted octanol–water partition coefficient (Wildman–Crippen LogP) is 3.65. The van der Waals surface area contributed by atoms with Crippen LogP contribution in [0.25, 0.3) is 0 Å². The van der Waals surface area contributed by atoms with Gasteiger partial charge in [0.05, 0.1) is 17.2 Å². The van der Waals surface area contributed by atoms with E-state index >= 15 is 0 Å². The van der Waals surface area contributed by atoms with Crippen LogP contribution < -0.4 is 16.0 Å². The van der Waals surface area contributed by atoms with Crippen LogP contribution in [0.5, 0.6) is 0 Å². The lowest BCUT2D eigenvalue weighted by Gasteiger charge is -2.23. The summed E-state index contributed by atoms with van der Waals surface area (Å²) < 4.78 is 5.08. The van der Waals surface area contributed by atoms with Crippen molar-refractivity contribution < 1.29 is 18.8 Å². The molecule has 0 saturated heterocycles. The molecule has 3 amide bonds. The molecule has 1 aliphatic rings. The van der Waals surface area contributed by atoms with E-state index in [1.165, 1.54) is 18.0 Å². The maximum absolute atomic E-state index is 12.4. The Morgan fingerprint density at radius 1 is 1.07 bits per heavy atom. The first-order valence-electron chi connectivity index (χ1n) is 9.35. The summed E-state index contributed by atoms with van der Waals surface area (Å²) >= 11 is 1.39. The van der Waals surface area contributed by atoms with E-state index in [0.29, 0.717) is 12.2 Å². The molecule has 0 saturated carbocycles. The molecule has 0 unspecified atom stereocenters. The van der Waals surface area contributed by atoms with Crippen LogP contribution in [0.15, 0.2) is 76.2 Å². The Hall–Kier alpha value is -3.52. The molecule has 0 radical (unpaired) electrons. The van der Waals surface area contributed by atoms with Gasteiger partial charge in [-0.1, -0.05) is 24.3 Å². The maximum Gasteiger partial charge on any atom is 0.291 e. The van der Waals surface area contributed by atoms with Crippen LogP contribution in [0.2, 0.25) is 0 Å². The van der Waals surface area contributed by atoms with Crippen molar-refractivity contribution >= 4 is 40.9 Å². The molecule has 152 valence electrons. The fourth-order valence-corrected chi connectivity index (χ4v) is 4.14. The van der Waals surface area contributed by atoms with Crippen molar-refractivity contribution in [3.8, 4) is 0 Å². The highest BCUT2D eigenvalue weighted by atomic mass is 32.2. The van der Waals surface area contributed by atoms with Crippen LogP contribution in [0.4, 0.5) is 11.4 Å². The molecule has 0 aliphatic carbocycles. The number of para-hydroxylation sites is 1. The van der Waals surface area contributed by atoms with Crippen LogP contribution in [0.3, 0.4) is 0 Å². The summed E-state index contributed by atoms with van der Waals surface area (Å²) in [5.41, 5.74) is 2.20. The molecule has 3 aromatic rings. The van der Waals surface area contributed by atoms with Crippen LogP contribution in [-0.4, -0.2) is 23.0 Å². The van der Waals surface area contributed by atoms with Crippen molar-refractivity contribution in [2.24, 2.45) is 0 Å². The second-order valence-electron chi connectivity index (χ2n) is 6.70. The number of hydrogen-bond acceptors (Lipinski definition) is 5. The summed E-state index contributed by atoms with van der Waals surface area (Å²) in [5.74, 6) is -0.510. The van der Waals surface area contributed by atoms with Gasteiger partial charge in [-0.25, -0.2) is 0 Å². The number of benzene rings is 2. The lowest BCUT2D eigenvalue weighted by molar-refractivity contribution is -0.124. The first kappa shape index (κ1) is 19.8. The molecule has 7 nitrogen and oxygen atoms in total. The van der Waals surface area contributed by atoms with Crippen molar-refractivity contribution in [3.63, 3.8) is 0 Å². The largest absolute Gasteiger partial charge is 0.459 e. The van der Waals surface area contributed by atoms with E-state index in [9.17, 15) is 14.4 Å². The van der Waals surface area contributed by atoms with Crippen molar-refractivity contribution in [2.75, 3.05) is 10.6 Å². The number of hydrogen-bond donors (Lipinski definition) is 3. The Bertz CT molecular complexity index is 1080. The van der Waals surface area contributed by atoms with Gasteiger partial charge in [-0.2, -0.15) is 0 Å². The Morgan fingerprint density at radius 3 is 2.77 bits per heavy atom. The molecule has 1 aromatic heterocycles. The van der Waals surface area contributed by atoms with Gasteiger partial charge >= 0.3 is 0 Å². The van der Waals surface area contributed by atoms with E-state index in [1.807, 2.05) is 30.3 Å². The number of nitrogens with one attached hydrogen (secondary N) is 3. The van der Waals surface area contributed by atoms with Crippen molar-refractivity contribution in [2.45, 2.75) is 23.1 Å². The zero-order chi connectivity index (χ0) is 20.9. The highest BCUT2D eigenvalue weighted by Crippen LogP contribution is 2.36. The molecule has 8 heteroatoms. The minimum absolute atomic E-state index is 0.0831. The van der Waals surface area contributed by atoms with Crippen LogP contribution >= 0.6 is 11.8 Å². The number of carbonyl (C=O) groups is 3. The molecular weight excluding hydrogens is 402 g/mol. The van der Waals surface area contributed by atoms with Gasteiger partial charge in [0.1, 0.15) is 0 Å². The van der Waals surface area contributed by atoms with Gasteiger partial charge in [-0.15, -0.1) is 11.8 Å². The van der Waals surface area contributed by atoms with E-state index in [2.05, 4.69) is 16.0 Å². The van der Waals surface area contributed by atoms with Crippen molar-refractivity contribution in [3.05, 3.63) is 78.3 Å². The summed E-state index contributed by atoms with van der Waals surface area (Å²) in [6.45, 7) is 0.291. The molecule has 4 rings (SSSR count). The zero-order valence-corrected chi connectivity index (χ0v) is 16.7. The Labute approximate surface area is 177 Å². The molecule has 30 heavy (non-hydrogen) atoms. The highest BCUT2D eigenvalue weighted by Gasteiger charge is 2.28. The third-order valence-electron chi connectivity index (χ3n) is 4.50. The van der Waals surface area contributed by atoms with E-state index < -0.39 is 5.25 Å². The average Bonchev–Trinajstić information content (AvgIpc) is 3.28. The summed E-state index contributed by atoms with van der Waals surface area (Å²) in [6, 6.07) is 17.9. The average molecular weight is 421 g/mol. The van der Waals surface area contributed by atoms with Crippen molar-refractivity contribution in [1.29, 1.82) is 0 Å². The molecule has 0 spiro atoms. The number of carbonyl (C=O) groups excluding carboxylic acids is 3.